The van der Waals surface area contributed by atoms with Crippen LogP contribution in [0.2, 0.25) is 0 Å². The fourth-order valence-corrected chi connectivity index (χ4v) is 2.95. The molecule has 0 fully saturated rings. The van der Waals surface area contributed by atoms with Gasteiger partial charge in [-0.3, -0.25) is 4.18 Å². The van der Waals surface area contributed by atoms with Crippen LogP contribution in [-0.2, 0) is 25.6 Å². The van der Waals surface area contributed by atoms with Crippen LogP contribution in [0, 0.1) is 6.92 Å². The van der Waals surface area contributed by atoms with E-state index in [2.05, 4.69) is 0 Å². The van der Waals surface area contributed by atoms with Gasteiger partial charge >= 0.3 is 0 Å². The highest BCUT2D eigenvalue weighted by molar-refractivity contribution is 7.86. The monoisotopic (exact) mass is 350 g/mol. The van der Waals surface area contributed by atoms with Crippen molar-refractivity contribution in [2.75, 3.05) is 13.2 Å². The minimum atomic E-state index is -3.85. The molecule has 5 nitrogen and oxygen atoms in total. The molecule has 0 aromatic heterocycles. The molecule has 0 saturated carbocycles. The highest BCUT2D eigenvalue weighted by atomic mass is 32.2. The van der Waals surface area contributed by atoms with Crippen LogP contribution in [0.15, 0.2) is 59.5 Å². The molecule has 0 heterocycles. The van der Waals surface area contributed by atoms with Crippen LogP contribution in [0.3, 0.4) is 0 Å². The molecular weight excluding hydrogens is 328 g/mol. The molecule has 1 N–H and O–H groups in total. The summed E-state index contributed by atoms with van der Waals surface area (Å²) >= 11 is 0. The Balaban J connectivity index is 1.70. The third kappa shape index (κ3) is 6.05. The van der Waals surface area contributed by atoms with Gasteiger partial charge in [0.2, 0.25) is 0 Å². The summed E-state index contributed by atoms with van der Waals surface area (Å²) in [7, 11) is -3.85. The van der Waals surface area contributed by atoms with E-state index in [0.29, 0.717) is 19.6 Å². The summed E-state index contributed by atoms with van der Waals surface area (Å²) in [6.45, 7) is 2.36. The van der Waals surface area contributed by atoms with Gasteiger partial charge in [0.15, 0.2) is 0 Å². The first-order valence-electron chi connectivity index (χ1n) is 7.73. The molecule has 0 aliphatic carbocycles. The molecule has 0 aliphatic heterocycles. The average Bonchev–Trinajstić information content (AvgIpc) is 2.58. The topological polar surface area (TPSA) is 72.8 Å². The lowest BCUT2D eigenvalue weighted by Gasteiger charge is -2.12. The quantitative estimate of drug-likeness (QED) is 0.556. The number of aliphatic hydroxyl groups is 1. The van der Waals surface area contributed by atoms with Crippen molar-refractivity contribution in [3.63, 3.8) is 0 Å². The zero-order chi connectivity index (χ0) is 17.4. The molecule has 0 radical (unpaired) electrons. The van der Waals surface area contributed by atoms with Crippen LogP contribution in [-0.4, -0.2) is 32.8 Å². The van der Waals surface area contributed by atoms with Crippen LogP contribution in [0.1, 0.15) is 17.5 Å². The number of rotatable bonds is 9. The van der Waals surface area contributed by atoms with Crippen molar-refractivity contribution in [3.05, 3.63) is 65.7 Å². The van der Waals surface area contributed by atoms with E-state index in [1.165, 1.54) is 12.1 Å². The second-order valence-electron chi connectivity index (χ2n) is 5.53. The van der Waals surface area contributed by atoms with Gasteiger partial charge in [0.1, 0.15) is 0 Å². The smallest absolute Gasteiger partial charge is 0.297 e. The maximum Gasteiger partial charge on any atom is 0.297 e. The van der Waals surface area contributed by atoms with Gasteiger partial charge in [0.25, 0.3) is 10.1 Å². The first-order chi connectivity index (χ1) is 11.5. The standard InChI is InChI=1S/C18H22O5S/c1-15-7-9-18(10-8-15)24(20,21)23-14-17(19)11-12-22-13-16-5-3-2-4-6-16/h2-10,17,19H,11-14H2,1H3/t17-/m1/s1. The Kier molecular flexibility index (Phi) is 6.93. The fraction of sp³-hybridized carbons (Fsp3) is 0.333. The zero-order valence-corrected chi connectivity index (χ0v) is 14.4. The maximum absolute atomic E-state index is 12.0. The lowest BCUT2D eigenvalue weighted by molar-refractivity contribution is 0.0511. The number of benzene rings is 2. The summed E-state index contributed by atoms with van der Waals surface area (Å²) in [4.78, 5) is 0.0839. The average molecular weight is 350 g/mol. The Morgan fingerprint density at radius 1 is 1.04 bits per heavy atom. The highest BCUT2D eigenvalue weighted by Gasteiger charge is 2.17. The van der Waals surface area contributed by atoms with E-state index in [1.807, 2.05) is 37.3 Å². The van der Waals surface area contributed by atoms with Crippen LogP contribution >= 0.6 is 0 Å². The van der Waals surface area contributed by atoms with Gasteiger partial charge in [-0.25, -0.2) is 0 Å². The van der Waals surface area contributed by atoms with Gasteiger partial charge in [-0.05, 0) is 31.0 Å². The Labute approximate surface area is 143 Å². The van der Waals surface area contributed by atoms with E-state index in [-0.39, 0.29) is 11.5 Å². The van der Waals surface area contributed by atoms with Crippen molar-refractivity contribution in [3.8, 4) is 0 Å². The summed E-state index contributed by atoms with van der Waals surface area (Å²) in [5.74, 6) is 0. The van der Waals surface area contributed by atoms with Crippen molar-refractivity contribution in [2.45, 2.75) is 31.0 Å². The second kappa shape index (κ2) is 8.94. The third-order valence-corrected chi connectivity index (χ3v) is 4.73. The van der Waals surface area contributed by atoms with Crippen LogP contribution in [0.25, 0.3) is 0 Å². The first kappa shape index (κ1) is 18.6. The Morgan fingerprint density at radius 3 is 2.38 bits per heavy atom. The molecule has 2 rings (SSSR count). The van der Waals surface area contributed by atoms with E-state index in [1.54, 1.807) is 12.1 Å². The number of hydrogen-bond acceptors (Lipinski definition) is 5. The summed E-state index contributed by atoms with van der Waals surface area (Å²) in [6, 6.07) is 16.1. The molecule has 1 atom stereocenters. The molecule has 0 unspecified atom stereocenters. The molecular formula is C18H22O5S. The van der Waals surface area contributed by atoms with Crippen molar-refractivity contribution in [2.24, 2.45) is 0 Å². The first-order valence-corrected chi connectivity index (χ1v) is 9.14. The predicted octanol–water partition coefficient (Wildman–Crippen LogP) is 2.67. The summed E-state index contributed by atoms with van der Waals surface area (Å²) in [5.41, 5.74) is 2.01. The van der Waals surface area contributed by atoms with Gasteiger partial charge in [0, 0.05) is 6.61 Å². The summed E-state index contributed by atoms with van der Waals surface area (Å²) in [5, 5.41) is 9.83. The molecule has 6 heteroatoms. The molecule has 0 aliphatic rings. The van der Waals surface area contributed by atoms with Crippen molar-refractivity contribution < 1.29 is 22.4 Å². The van der Waals surface area contributed by atoms with E-state index in [9.17, 15) is 13.5 Å². The van der Waals surface area contributed by atoms with Gasteiger partial charge in [-0.1, -0.05) is 48.0 Å². The highest BCUT2D eigenvalue weighted by Crippen LogP contribution is 2.14. The molecule has 2 aromatic rings. The Hall–Kier alpha value is -1.73. The molecule has 130 valence electrons. The van der Waals surface area contributed by atoms with E-state index >= 15 is 0 Å². The van der Waals surface area contributed by atoms with Crippen LogP contribution in [0.5, 0.6) is 0 Å². The number of aryl methyl sites for hydroxylation is 1. The lowest BCUT2D eigenvalue weighted by Crippen LogP contribution is -2.20. The van der Waals surface area contributed by atoms with Crippen LogP contribution < -0.4 is 0 Å². The summed E-state index contributed by atoms with van der Waals surface area (Å²) in [6.07, 6.45) is -0.600. The SMILES string of the molecule is Cc1ccc(S(=O)(=O)OC[C@H](O)CCOCc2ccccc2)cc1. The van der Waals surface area contributed by atoms with Gasteiger partial charge in [-0.15, -0.1) is 0 Å². The molecule has 0 amide bonds. The zero-order valence-electron chi connectivity index (χ0n) is 13.6. The number of ether oxygens (including phenoxy) is 1. The van der Waals surface area contributed by atoms with E-state index in [4.69, 9.17) is 8.92 Å². The minimum absolute atomic E-state index is 0.0839. The lowest BCUT2D eigenvalue weighted by atomic mass is 10.2. The fourth-order valence-electron chi connectivity index (χ4n) is 2.01. The van der Waals surface area contributed by atoms with E-state index < -0.39 is 16.2 Å². The van der Waals surface area contributed by atoms with Crippen molar-refractivity contribution >= 4 is 10.1 Å². The number of aliphatic hydroxyl groups excluding tert-OH is 1. The van der Waals surface area contributed by atoms with Gasteiger partial charge in [-0.2, -0.15) is 8.42 Å². The normalized spacial score (nSPS) is 12.9. The molecule has 24 heavy (non-hydrogen) atoms. The Bertz CT molecular complexity index is 711. The summed E-state index contributed by atoms with van der Waals surface area (Å²) < 4.78 is 34.4. The predicted molar refractivity (Wildman–Crippen MR) is 91.0 cm³/mol. The maximum atomic E-state index is 12.0. The van der Waals surface area contributed by atoms with Crippen molar-refractivity contribution in [1.29, 1.82) is 0 Å². The molecule has 0 bridgehead atoms. The van der Waals surface area contributed by atoms with Crippen molar-refractivity contribution in [1.82, 2.24) is 0 Å². The minimum Gasteiger partial charge on any atom is -0.391 e. The molecule has 0 spiro atoms. The largest absolute Gasteiger partial charge is 0.391 e. The number of hydrogen-bond donors (Lipinski definition) is 1. The third-order valence-electron chi connectivity index (χ3n) is 3.43. The molecule has 2 aromatic carbocycles. The Morgan fingerprint density at radius 2 is 1.71 bits per heavy atom. The van der Waals surface area contributed by atoms with E-state index in [0.717, 1.165) is 11.1 Å². The van der Waals surface area contributed by atoms with Gasteiger partial charge in [0.05, 0.1) is 24.2 Å². The van der Waals surface area contributed by atoms with Gasteiger partial charge < -0.3 is 9.84 Å². The van der Waals surface area contributed by atoms with Crippen LogP contribution in [0.4, 0.5) is 0 Å². The second-order valence-corrected chi connectivity index (χ2v) is 7.15. The molecule has 0 saturated heterocycles.